The van der Waals surface area contributed by atoms with Crippen LogP contribution in [0, 0.1) is 13.8 Å². The van der Waals surface area contributed by atoms with Crippen molar-refractivity contribution >= 4 is 22.8 Å². The molecule has 5 rings (SSSR count). The summed E-state index contributed by atoms with van der Waals surface area (Å²) in [6.45, 7) is 7.32. The fraction of sp³-hybridized carbons (Fsp3) is 0.300. The van der Waals surface area contributed by atoms with Gasteiger partial charge >= 0.3 is 0 Å². The summed E-state index contributed by atoms with van der Waals surface area (Å²) in [5.74, 6) is 1.14. The Hall–Kier alpha value is -3.73. The van der Waals surface area contributed by atoms with Gasteiger partial charge < -0.3 is 9.80 Å². The van der Waals surface area contributed by atoms with Crippen molar-refractivity contribution in [2.45, 2.75) is 33.1 Å². The number of rotatable bonds is 5. The van der Waals surface area contributed by atoms with Crippen molar-refractivity contribution in [2.75, 3.05) is 31.1 Å². The number of benzene rings is 3. The minimum Gasteiger partial charge on any atom is -0.353 e. The molecule has 178 valence electrons. The molecule has 1 fully saturated rings. The lowest BCUT2D eigenvalue weighted by Gasteiger charge is -2.25. The highest BCUT2D eigenvalue weighted by Gasteiger charge is 2.23. The second-order valence-electron chi connectivity index (χ2n) is 9.39. The predicted octanol–water partition coefficient (Wildman–Crippen LogP) is 5.59. The van der Waals surface area contributed by atoms with E-state index in [0.717, 1.165) is 60.6 Å². The topological polar surface area (TPSA) is 49.3 Å². The molecule has 4 aromatic rings. The fourth-order valence-corrected chi connectivity index (χ4v) is 4.75. The monoisotopic (exact) mass is 464 g/mol. The molecule has 5 nitrogen and oxygen atoms in total. The maximum absolute atomic E-state index is 13.0. The largest absolute Gasteiger partial charge is 0.353 e. The van der Waals surface area contributed by atoms with Crippen molar-refractivity contribution in [3.8, 4) is 11.3 Å². The summed E-state index contributed by atoms with van der Waals surface area (Å²) in [4.78, 5) is 27.5. The Morgan fingerprint density at radius 3 is 2.17 bits per heavy atom. The van der Waals surface area contributed by atoms with Gasteiger partial charge in [-0.2, -0.15) is 0 Å². The van der Waals surface area contributed by atoms with E-state index in [1.807, 2.05) is 41.3 Å². The molecule has 0 saturated carbocycles. The highest BCUT2D eigenvalue weighted by Crippen LogP contribution is 2.31. The van der Waals surface area contributed by atoms with Crippen molar-refractivity contribution in [1.29, 1.82) is 0 Å². The van der Waals surface area contributed by atoms with Crippen LogP contribution in [0.1, 0.15) is 29.5 Å². The van der Waals surface area contributed by atoms with Gasteiger partial charge in [-0.05, 0) is 55.5 Å². The number of nitrogens with zero attached hydrogens (tertiary/aromatic N) is 4. The van der Waals surface area contributed by atoms with Gasteiger partial charge in [0, 0.05) is 38.2 Å². The van der Waals surface area contributed by atoms with Gasteiger partial charge in [-0.1, -0.05) is 60.7 Å². The zero-order chi connectivity index (χ0) is 24.2. The summed E-state index contributed by atoms with van der Waals surface area (Å²) in [5, 5.41) is 0. The van der Waals surface area contributed by atoms with Crippen LogP contribution in [0.5, 0.6) is 0 Å². The Balaban J connectivity index is 1.39. The summed E-state index contributed by atoms with van der Waals surface area (Å²) in [6, 6.07) is 24.8. The van der Waals surface area contributed by atoms with Crippen LogP contribution in [-0.2, 0) is 11.2 Å². The third kappa shape index (κ3) is 5.19. The van der Waals surface area contributed by atoms with E-state index in [1.165, 1.54) is 16.7 Å². The molecule has 2 heterocycles. The zero-order valence-corrected chi connectivity index (χ0v) is 20.6. The molecule has 3 aromatic carbocycles. The summed E-state index contributed by atoms with van der Waals surface area (Å²) in [5.41, 5.74) is 7.46. The second-order valence-corrected chi connectivity index (χ2v) is 9.39. The third-order valence-electron chi connectivity index (χ3n) is 6.93. The summed E-state index contributed by atoms with van der Waals surface area (Å²) < 4.78 is 0. The summed E-state index contributed by atoms with van der Waals surface area (Å²) >= 11 is 0. The molecule has 5 heteroatoms. The molecule has 0 radical (unpaired) electrons. The van der Waals surface area contributed by atoms with E-state index in [-0.39, 0.29) is 5.91 Å². The van der Waals surface area contributed by atoms with Gasteiger partial charge in [0.1, 0.15) is 5.69 Å². The quantitative estimate of drug-likeness (QED) is 0.387. The van der Waals surface area contributed by atoms with Crippen LogP contribution in [0.4, 0.5) is 5.82 Å². The van der Waals surface area contributed by atoms with E-state index in [1.54, 1.807) is 0 Å². The number of amides is 1. The second kappa shape index (κ2) is 10.3. The molecule has 0 bridgehead atoms. The molecule has 1 saturated heterocycles. The van der Waals surface area contributed by atoms with Crippen molar-refractivity contribution in [2.24, 2.45) is 0 Å². The number of aromatic nitrogens is 2. The third-order valence-corrected chi connectivity index (χ3v) is 6.93. The van der Waals surface area contributed by atoms with E-state index in [2.05, 4.69) is 55.1 Å². The first kappa shape index (κ1) is 23.0. The number of hydrogen-bond donors (Lipinski definition) is 0. The average molecular weight is 465 g/mol. The molecule has 35 heavy (non-hydrogen) atoms. The zero-order valence-electron chi connectivity index (χ0n) is 20.6. The minimum atomic E-state index is 0.231. The first-order valence-corrected chi connectivity index (χ1v) is 12.5. The van der Waals surface area contributed by atoms with Crippen molar-refractivity contribution in [3.05, 3.63) is 89.5 Å². The van der Waals surface area contributed by atoms with Crippen LogP contribution in [0.2, 0.25) is 0 Å². The summed E-state index contributed by atoms with van der Waals surface area (Å²) in [6.07, 6.45) is 2.25. The number of aryl methyl sites for hydroxylation is 3. The van der Waals surface area contributed by atoms with Gasteiger partial charge in [-0.3, -0.25) is 4.79 Å². The van der Waals surface area contributed by atoms with Crippen LogP contribution >= 0.6 is 0 Å². The lowest BCUT2D eigenvalue weighted by molar-refractivity contribution is -0.130. The smallest absolute Gasteiger partial charge is 0.222 e. The van der Waals surface area contributed by atoms with Gasteiger partial charge in [0.25, 0.3) is 0 Å². The molecular weight excluding hydrogens is 432 g/mol. The van der Waals surface area contributed by atoms with E-state index >= 15 is 0 Å². The van der Waals surface area contributed by atoms with Gasteiger partial charge in [0.15, 0.2) is 5.82 Å². The fourth-order valence-electron chi connectivity index (χ4n) is 4.75. The Kier molecular flexibility index (Phi) is 6.75. The van der Waals surface area contributed by atoms with E-state index < -0.39 is 0 Å². The predicted molar refractivity (Wildman–Crippen MR) is 143 cm³/mol. The van der Waals surface area contributed by atoms with Crippen LogP contribution in [0.3, 0.4) is 0 Å². The molecule has 1 aromatic heterocycles. The molecule has 0 spiro atoms. The molecule has 0 atom stereocenters. The summed E-state index contributed by atoms with van der Waals surface area (Å²) in [7, 11) is 0. The lowest BCUT2D eigenvalue weighted by Crippen LogP contribution is -2.35. The van der Waals surface area contributed by atoms with Crippen molar-refractivity contribution in [1.82, 2.24) is 14.9 Å². The van der Waals surface area contributed by atoms with Gasteiger partial charge in [-0.25, -0.2) is 9.97 Å². The number of anilines is 1. The average Bonchev–Trinajstić information content (AvgIpc) is 3.15. The SMILES string of the molecule is Cc1cc2nc(-c3ccccc3)c(N3CCCN(C(=O)CCc4ccccc4)CC3)nc2cc1C. The maximum atomic E-state index is 13.0. The van der Waals surface area contributed by atoms with Gasteiger partial charge in [-0.15, -0.1) is 0 Å². The Morgan fingerprint density at radius 1 is 0.800 bits per heavy atom. The Bertz CT molecular complexity index is 1320. The van der Waals surface area contributed by atoms with Crippen molar-refractivity contribution in [3.63, 3.8) is 0 Å². The number of hydrogen-bond acceptors (Lipinski definition) is 4. The number of fused-ring (bicyclic) bond motifs is 1. The van der Waals surface area contributed by atoms with Crippen LogP contribution < -0.4 is 4.90 Å². The molecule has 1 aliphatic rings. The molecule has 0 unspecified atom stereocenters. The normalized spacial score (nSPS) is 14.2. The van der Waals surface area contributed by atoms with Crippen LogP contribution in [0.25, 0.3) is 22.3 Å². The molecule has 0 aliphatic carbocycles. The number of carbonyl (C=O) groups excluding carboxylic acids is 1. The first-order valence-electron chi connectivity index (χ1n) is 12.5. The maximum Gasteiger partial charge on any atom is 0.222 e. The standard InChI is InChI=1S/C30H32N4O/c1-22-20-26-27(21-23(22)2)32-30(29(31-26)25-12-7-4-8-13-25)34-17-9-16-33(18-19-34)28(35)15-14-24-10-5-3-6-11-24/h3-8,10-13,20-21H,9,14-19H2,1-2H3. The van der Waals surface area contributed by atoms with E-state index in [4.69, 9.17) is 9.97 Å². The highest BCUT2D eigenvalue weighted by molar-refractivity contribution is 5.84. The highest BCUT2D eigenvalue weighted by atomic mass is 16.2. The van der Waals surface area contributed by atoms with E-state index in [0.29, 0.717) is 13.0 Å². The Labute approximate surface area is 207 Å². The molecule has 1 aliphatic heterocycles. The molecule has 0 N–H and O–H groups in total. The van der Waals surface area contributed by atoms with E-state index in [9.17, 15) is 4.79 Å². The van der Waals surface area contributed by atoms with Gasteiger partial charge in [0.05, 0.1) is 11.0 Å². The first-order chi connectivity index (χ1) is 17.1. The van der Waals surface area contributed by atoms with Gasteiger partial charge in [0.2, 0.25) is 5.91 Å². The Morgan fingerprint density at radius 2 is 1.46 bits per heavy atom. The lowest BCUT2D eigenvalue weighted by atomic mass is 10.1. The molecule has 1 amide bonds. The van der Waals surface area contributed by atoms with Crippen LogP contribution in [0.15, 0.2) is 72.8 Å². The van der Waals surface area contributed by atoms with Crippen LogP contribution in [-0.4, -0.2) is 47.0 Å². The minimum absolute atomic E-state index is 0.231. The number of carbonyl (C=O) groups is 1. The van der Waals surface area contributed by atoms with Crippen molar-refractivity contribution < 1.29 is 4.79 Å². The molecular formula is C30H32N4O.